The second-order valence-electron chi connectivity index (χ2n) is 10.6. The molecule has 0 fully saturated rings. The molecule has 4 rings (SSSR count). The van der Waals surface area contributed by atoms with E-state index in [0.29, 0.717) is 5.56 Å². The number of fused-ring (bicyclic) bond motifs is 1. The van der Waals surface area contributed by atoms with Gasteiger partial charge < -0.3 is 9.84 Å². The molecule has 0 spiro atoms. The van der Waals surface area contributed by atoms with Crippen molar-refractivity contribution >= 4 is 11.5 Å². The molecule has 164 valence electrons. The number of benzene rings is 2. The SMILES string of the molecule is COC1(c2ccc(C(=O)O)cc2)C=C(c2cc3c(cc2C)C(C)(C)CCC3(C)C)CC1. The molecule has 1 unspecified atom stereocenters. The molecule has 2 aromatic rings. The van der Waals surface area contributed by atoms with E-state index in [2.05, 4.69) is 52.8 Å². The fourth-order valence-corrected chi connectivity index (χ4v) is 5.43. The standard InChI is InChI=1S/C28H34O3/c1-18-15-23-24(27(4,5)14-13-26(23,2)3)16-22(18)20-11-12-28(17-20,31-6)21-9-7-19(8-10-21)25(29)30/h7-10,15-17H,11-14H2,1-6H3,(H,29,30). The van der Waals surface area contributed by atoms with Crippen molar-refractivity contribution in [1.82, 2.24) is 0 Å². The molecule has 2 aliphatic carbocycles. The van der Waals surface area contributed by atoms with Gasteiger partial charge in [-0.3, -0.25) is 0 Å². The Morgan fingerprint density at radius 1 is 0.935 bits per heavy atom. The number of carboxylic acids is 1. The summed E-state index contributed by atoms with van der Waals surface area (Å²) in [7, 11) is 1.75. The Kier molecular flexibility index (Phi) is 5.17. The second-order valence-corrected chi connectivity index (χ2v) is 10.6. The van der Waals surface area contributed by atoms with E-state index in [0.717, 1.165) is 18.4 Å². The maximum Gasteiger partial charge on any atom is 0.335 e. The Balaban J connectivity index is 1.78. The average Bonchev–Trinajstić information content (AvgIpc) is 3.17. The number of methoxy groups -OCH3 is 1. The normalized spacial score (nSPS) is 23.9. The van der Waals surface area contributed by atoms with Crippen LogP contribution in [-0.2, 0) is 21.2 Å². The minimum Gasteiger partial charge on any atom is -0.478 e. The van der Waals surface area contributed by atoms with Crippen LogP contribution >= 0.6 is 0 Å². The van der Waals surface area contributed by atoms with Crippen LogP contribution < -0.4 is 0 Å². The number of hydrogen-bond acceptors (Lipinski definition) is 2. The third-order valence-electron chi connectivity index (χ3n) is 7.70. The third-order valence-corrected chi connectivity index (χ3v) is 7.70. The Morgan fingerprint density at radius 2 is 1.52 bits per heavy atom. The zero-order valence-corrected chi connectivity index (χ0v) is 19.6. The molecule has 0 amide bonds. The minimum absolute atomic E-state index is 0.178. The number of ether oxygens (including phenoxy) is 1. The number of hydrogen-bond donors (Lipinski definition) is 1. The Bertz CT molecular complexity index is 1060. The van der Waals surface area contributed by atoms with Gasteiger partial charge in [0.1, 0.15) is 5.60 Å². The van der Waals surface area contributed by atoms with E-state index in [1.807, 2.05) is 12.1 Å². The largest absolute Gasteiger partial charge is 0.478 e. The smallest absolute Gasteiger partial charge is 0.335 e. The first kappa shape index (κ1) is 21.8. The lowest BCUT2D eigenvalue weighted by atomic mass is 9.62. The molecule has 2 aliphatic rings. The van der Waals surface area contributed by atoms with Gasteiger partial charge in [-0.2, -0.15) is 0 Å². The molecule has 3 nitrogen and oxygen atoms in total. The number of rotatable bonds is 4. The third kappa shape index (κ3) is 3.63. The zero-order valence-electron chi connectivity index (χ0n) is 19.6. The fourth-order valence-electron chi connectivity index (χ4n) is 5.43. The number of carbonyl (C=O) groups is 1. The van der Waals surface area contributed by atoms with E-state index < -0.39 is 11.6 Å². The molecule has 0 saturated heterocycles. The van der Waals surface area contributed by atoms with Gasteiger partial charge in [0.15, 0.2) is 0 Å². The Labute approximate surface area is 186 Å². The lowest BCUT2D eigenvalue weighted by molar-refractivity contribution is 0.0291. The van der Waals surface area contributed by atoms with Crippen LogP contribution in [0.4, 0.5) is 0 Å². The highest BCUT2D eigenvalue weighted by atomic mass is 16.5. The van der Waals surface area contributed by atoms with Gasteiger partial charge in [-0.25, -0.2) is 4.79 Å². The highest BCUT2D eigenvalue weighted by molar-refractivity contribution is 5.87. The van der Waals surface area contributed by atoms with Crippen molar-refractivity contribution in [3.05, 3.63) is 75.9 Å². The van der Waals surface area contributed by atoms with Crippen LogP contribution in [0, 0.1) is 6.92 Å². The maximum absolute atomic E-state index is 11.2. The van der Waals surface area contributed by atoms with Gasteiger partial charge >= 0.3 is 5.97 Å². The van der Waals surface area contributed by atoms with Crippen molar-refractivity contribution in [2.24, 2.45) is 0 Å². The van der Waals surface area contributed by atoms with E-state index >= 15 is 0 Å². The highest BCUT2D eigenvalue weighted by Crippen LogP contribution is 2.49. The van der Waals surface area contributed by atoms with Crippen LogP contribution in [0.25, 0.3) is 5.57 Å². The van der Waals surface area contributed by atoms with Crippen LogP contribution in [0.3, 0.4) is 0 Å². The first-order valence-corrected chi connectivity index (χ1v) is 11.3. The van der Waals surface area contributed by atoms with Gasteiger partial charge in [-0.15, -0.1) is 0 Å². The molecule has 2 aromatic carbocycles. The summed E-state index contributed by atoms with van der Waals surface area (Å²) >= 11 is 0. The van der Waals surface area contributed by atoms with Crippen molar-refractivity contribution in [2.45, 2.75) is 76.7 Å². The fraction of sp³-hybridized carbons (Fsp3) is 0.464. The molecule has 0 heterocycles. The van der Waals surface area contributed by atoms with Gasteiger partial charge in [-0.1, -0.05) is 52.0 Å². The van der Waals surface area contributed by atoms with Gasteiger partial charge in [-0.05, 0) is 95.0 Å². The quantitative estimate of drug-likeness (QED) is 0.596. The molecule has 3 heteroatoms. The van der Waals surface area contributed by atoms with E-state index in [-0.39, 0.29) is 10.8 Å². The van der Waals surface area contributed by atoms with Crippen molar-refractivity contribution in [3.63, 3.8) is 0 Å². The molecular formula is C28H34O3. The monoisotopic (exact) mass is 418 g/mol. The van der Waals surface area contributed by atoms with Crippen molar-refractivity contribution < 1.29 is 14.6 Å². The minimum atomic E-state index is -0.907. The van der Waals surface area contributed by atoms with Crippen molar-refractivity contribution in [3.8, 4) is 0 Å². The van der Waals surface area contributed by atoms with E-state index in [9.17, 15) is 9.90 Å². The summed E-state index contributed by atoms with van der Waals surface area (Å²) in [5.41, 5.74) is 8.12. The highest BCUT2D eigenvalue weighted by Gasteiger charge is 2.39. The average molecular weight is 419 g/mol. The molecule has 0 bridgehead atoms. The number of aryl methyl sites for hydroxylation is 1. The summed E-state index contributed by atoms with van der Waals surface area (Å²) in [6.45, 7) is 11.7. The van der Waals surface area contributed by atoms with E-state index in [4.69, 9.17) is 4.74 Å². The van der Waals surface area contributed by atoms with Crippen LogP contribution in [-0.4, -0.2) is 18.2 Å². The van der Waals surface area contributed by atoms with Gasteiger partial charge in [0.05, 0.1) is 5.56 Å². The molecule has 1 atom stereocenters. The van der Waals surface area contributed by atoms with E-state index in [1.165, 1.54) is 40.7 Å². The summed E-state index contributed by atoms with van der Waals surface area (Å²) in [6.07, 6.45) is 6.48. The summed E-state index contributed by atoms with van der Waals surface area (Å²) in [5.74, 6) is -0.907. The number of allylic oxidation sites excluding steroid dienone is 1. The number of aromatic carboxylic acids is 1. The molecule has 0 radical (unpaired) electrons. The molecule has 31 heavy (non-hydrogen) atoms. The topological polar surface area (TPSA) is 46.5 Å². The molecule has 0 aromatic heterocycles. The predicted molar refractivity (Wildman–Crippen MR) is 126 cm³/mol. The maximum atomic E-state index is 11.2. The summed E-state index contributed by atoms with van der Waals surface area (Å²) in [5, 5.41) is 9.22. The summed E-state index contributed by atoms with van der Waals surface area (Å²) in [4.78, 5) is 11.2. The van der Waals surface area contributed by atoms with Gasteiger partial charge in [0.25, 0.3) is 0 Å². The van der Waals surface area contributed by atoms with Crippen LogP contribution in [0.1, 0.15) is 91.6 Å². The summed E-state index contributed by atoms with van der Waals surface area (Å²) < 4.78 is 6.04. The van der Waals surface area contributed by atoms with E-state index in [1.54, 1.807) is 19.2 Å². The first-order chi connectivity index (χ1) is 14.5. The first-order valence-electron chi connectivity index (χ1n) is 11.3. The summed E-state index contributed by atoms with van der Waals surface area (Å²) in [6, 6.07) is 12.0. The van der Waals surface area contributed by atoms with Crippen molar-refractivity contribution in [1.29, 1.82) is 0 Å². The molecule has 0 aliphatic heterocycles. The second kappa shape index (κ2) is 7.34. The lowest BCUT2D eigenvalue weighted by Gasteiger charge is -2.42. The Morgan fingerprint density at radius 3 is 2.06 bits per heavy atom. The van der Waals surface area contributed by atoms with Crippen molar-refractivity contribution in [2.75, 3.05) is 7.11 Å². The lowest BCUT2D eigenvalue weighted by Crippen LogP contribution is -2.34. The zero-order chi connectivity index (χ0) is 22.6. The van der Waals surface area contributed by atoms with Crippen LogP contribution in [0.2, 0.25) is 0 Å². The molecule has 0 saturated carbocycles. The Hall–Kier alpha value is -2.39. The van der Waals surface area contributed by atoms with Crippen LogP contribution in [0.5, 0.6) is 0 Å². The van der Waals surface area contributed by atoms with Gasteiger partial charge in [0.2, 0.25) is 0 Å². The predicted octanol–water partition coefficient (Wildman–Crippen LogP) is 6.76. The van der Waals surface area contributed by atoms with Crippen LogP contribution in [0.15, 0.2) is 42.5 Å². The molecule has 1 N–H and O–H groups in total. The number of carboxylic acid groups (broad SMARTS) is 1. The molecular weight excluding hydrogens is 384 g/mol. The van der Waals surface area contributed by atoms with Gasteiger partial charge in [0, 0.05) is 7.11 Å².